The van der Waals surface area contributed by atoms with Crippen molar-refractivity contribution in [2.45, 2.75) is 19.5 Å². The largest absolute Gasteiger partial charge is 0.397 e. The third kappa shape index (κ3) is 5.79. The SMILES string of the molecule is CCl.Nc1cnc(NCCC[n+]2ccn(CCO)c2)c(N)c1. The molecule has 0 aliphatic carbocycles. The van der Waals surface area contributed by atoms with Gasteiger partial charge in [0.1, 0.15) is 24.8 Å². The van der Waals surface area contributed by atoms with Crippen LogP contribution in [0, 0.1) is 0 Å². The summed E-state index contributed by atoms with van der Waals surface area (Å²) in [4.78, 5) is 4.15. The standard InChI is InChI=1S/C13H21N6O.CH3Cl/c14-11-8-12(15)13(17-9-11)16-2-1-3-18-4-5-19(10-18)6-7-20;1-2/h4-5,8-10,20H,1-3,6-7,14-15H2,(H,16,17);1H3/q+1;. The minimum atomic E-state index is 0.151. The second-order valence-corrected chi connectivity index (χ2v) is 4.60. The van der Waals surface area contributed by atoms with Gasteiger partial charge in [-0.2, -0.15) is 0 Å². The van der Waals surface area contributed by atoms with Gasteiger partial charge in [-0.25, -0.2) is 14.1 Å². The third-order valence-electron chi connectivity index (χ3n) is 2.93. The molecule has 22 heavy (non-hydrogen) atoms. The molecule has 0 saturated heterocycles. The van der Waals surface area contributed by atoms with Gasteiger partial charge in [0.05, 0.1) is 30.7 Å². The lowest BCUT2D eigenvalue weighted by molar-refractivity contribution is -0.696. The van der Waals surface area contributed by atoms with Gasteiger partial charge in [-0.1, -0.05) is 0 Å². The Kier molecular flexibility index (Phi) is 8.09. The number of rotatable bonds is 7. The van der Waals surface area contributed by atoms with Gasteiger partial charge in [0.15, 0.2) is 0 Å². The first-order chi connectivity index (χ1) is 10.7. The number of pyridine rings is 1. The van der Waals surface area contributed by atoms with Crippen LogP contribution in [0.1, 0.15) is 6.42 Å². The number of aryl methyl sites for hydroxylation is 1. The number of imidazole rings is 1. The molecule has 0 aromatic carbocycles. The lowest BCUT2D eigenvalue weighted by Gasteiger charge is -2.07. The Morgan fingerprint density at radius 1 is 1.41 bits per heavy atom. The molecule has 7 nitrogen and oxygen atoms in total. The molecule has 0 spiro atoms. The van der Waals surface area contributed by atoms with Crippen LogP contribution in [0.5, 0.6) is 0 Å². The van der Waals surface area contributed by atoms with Crippen molar-refractivity contribution < 1.29 is 9.67 Å². The summed E-state index contributed by atoms with van der Waals surface area (Å²) in [7, 11) is 0. The van der Waals surface area contributed by atoms with E-state index in [9.17, 15) is 0 Å². The molecule has 2 aromatic rings. The Hall–Kier alpha value is -1.99. The summed E-state index contributed by atoms with van der Waals surface area (Å²) < 4.78 is 4.03. The molecule has 6 N–H and O–H groups in total. The number of nitrogens with zero attached hydrogens (tertiary/aromatic N) is 3. The number of hydrogen-bond donors (Lipinski definition) is 4. The summed E-state index contributed by atoms with van der Waals surface area (Å²) >= 11 is 4.64. The van der Waals surface area contributed by atoms with Gasteiger partial charge in [0, 0.05) is 19.3 Å². The van der Waals surface area contributed by atoms with E-state index >= 15 is 0 Å². The van der Waals surface area contributed by atoms with Crippen molar-refractivity contribution in [3.05, 3.63) is 31.0 Å². The van der Waals surface area contributed by atoms with Crippen LogP contribution in [0.15, 0.2) is 31.0 Å². The zero-order valence-electron chi connectivity index (χ0n) is 12.7. The maximum absolute atomic E-state index is 8.85. The zero-order valence-corrected chi connectivity index (χ0v) is 13.5. The topological polar surface area (TPSA) is 106 Å². The summed E-state index contributed by atoms with van der Waals surface area (Å²) in [5.41, 5.74) is 12.5. The van der Waals surface area contributed by atoms with Crippen LogP contribution in [0.25, 0.3) is 0 Å². The summed E-state index contributed by atoms with van der Waals surface area (Å²) in [5.74, 6) is 0.669. The van der Waals surface area contributed by atoms with Crippen LogP contribution in [-0.4, -0.2) is 34.2 Å². The van der Waals surface area contributed by atoms with Gasteiger partial charge >= 0.3 is 0 Å². The molecular weight excluding hydrogens is 304 g/mol. The third-order valence-corrected chi connectivity index (χ3v) is 2.93. The van der Waals surface area contributed by atoms with E-state index in [2.05, 4.69) is 26.5 Å². The Labute approximate surface area is 135 Å². The van der Waals surface area contributed by atoms with Gasteiger partial charge in [0.2, 0.25) is 6.33 Å². The van der Waals surface area contributed by atoms with Crippen LogP contribution in [0.3, 0.4) is 0 Å². The first kappa shape index (κ1) is 18.1. The van der Waals surface area contributed by atoms with E-state index in [1.165, 1.54) is 6.38 Å². The average molecular weight is 328 g/mol. The highest BCUT2D eigenvalue weighted by atomic mass is 35.5. The number of nitrogen functional groups attached to an aromatic ring is 2. The molecule has 2 rings (SSSR count). The Balaban J connectivity index is 0.00000116. The highest BCUT2D eigenvalue weighted by molar-refractivity contribution is 6.15. The fraction of sp³-hybridized carbons (Fsp3) is 0.429. The summed E-state index contributed by atoms with van der Waals surface area (Å²) in [5, 5.41) is 12.0. The highest BCUT2D eigenvalue weighted by Crippen LogP contribution is 2.16. The van der Waals surface area contributed by atoms with Gasteiger partial charge in [-0.05, 0) is 6.07 Å². The van der Waals surface area contributed by atoms with E-state index in [0.29, 0.717) is 23.7 Å². The Bertz CT molecular complexity index is 560. The second kappa shape index (κ2) is 9.86. The van der Waals surface area contributed by atoms with Crippen molar-refractivity contribution in [3.63, 3.8) is 0 Å². The molecule has 0 amide bonds. The minimum absolute atomic E-state index is 0.151. The van der Waals surface area contributed by atoms with E-state index in [1.807, 2.05) is 23.3 Å². The number of halogens is 1. The van der Waals surface area contributed by atoms with Crippen LogP contribution < -0.4 is 21.4 Å². The van der Waals surface area contributed by atoms with Gasteiger partial charge in [-0.15, -0.1) is 11.6 Å². The number of nitrogens with one attached hydrogen (secondary N) is 1. The molecule has 0 unspecified atom stereocenters. The molecule has 122 valence electrons. The van der Waals surface area contributed by atoms with Crippen LogP contribution in [0.2, 0.25) is 0 Å². The molecule has 8 heteroatoms. The van der Waals surface area contributed by atoms with Crippen molar-refractivity contribution in [2.75, 3.05) is 36.3 Å². The zero-order chi connectivity index (χ0) is 16.4. The predicted molar refractivity (Wildman–Crippen MR) is 89.7 cm³/mol. The smallest absolute Gasteiger partial charge is 0.243 e. The molecule has 0 saturated carbocycles. The number of alkyl halides is 1. The van der Waals surface area contributed by atoms with E-state index in [4.69, 9.17) is 16.6 Å². The Morgan fingerprint density at radius 2 is 2.18 bits per heavy atom. The minimum Gasteiger partial charge on any atom is -0.397 e. The summed E-state index contributed by atoms with van der Waals surface area (Å²) in [6, 6.07) is 1.69. The van der Waals surface area contributed by atoms with Crippen molar-refractivity contribution in [1.29, 1.82) is 0 Å². The molecule has 0 bridgehead atoms. The van der Waals surface area contributed by atoms with Crippen LogP contribution in [-0.2, 0) is 13.1 Å². The Morgan fingerprint density at radius 3 is 2.86 bits per heavy atom. The quantitative estimate of drug-likeness (QED) is 0.340. The normalized spacial score (nSPS) is 9.95. The number of aliphatic hydroxyl groups is 1. The van der Waals surface area contributed by atoms with E-state index < -0.39 is 0 Å². The lowest BCUT2D eigenvalue weighted by atomic mass is 10.3. The van der Waals surface area contributed by atoms with E-state index in [0.717, 1.165) is 19.5 Å². The van der Waals surface area contributed by atoms with Crippen LogP contribution >= 0.6 is 11.6 Å². The fourth-order valence-electron chi connectivity index (χ4n) is 1.93. The predicted octanol–water partition coefficient (Wildman–Crippen LogP) is 0.684. The van der Waals surface area contributed by atoms with Crippen molar-refractivity contribution >= 4 is 28.8 Å². The molecule has 0 radical (unpaired) electrons. The van der Waals surface area contributed by atoms with Gasteiger partial charge in [-0.3, -0.25) is 0 Å². The number of hydrogen-bond acceptors (Lipinski definition) is 5. The summed E-state index contributed by atoms with van der Waals surface area (Å²) in [6.07, 6.45) is 9.92. The van der Waals surface area contributed by atoms with E-state index in [-0.39, 0.29) is 6.61 Å². The number of nitrogens with two attached hydrogens (primary N) is 2. The van der Waals surface area contributed by atoms with Gasteiger partial charge < -0.3 is 21.9 Å². The first-order valence-electron chi connectivity index (χ1n) is 6.97. The number of aliphatic hydroxyl groups excluding tert-OH is 1. The molecular formula is C14H24ClN6O+. The first-order valence-corrected chi connectivity index (χ1v) is 7.73. The second-order valence-electron chi connectivity index (χ2n) is 4.60. The van der Waals surface area contributed by atoms with Crippen molar-refractivity contribution in [1.82, 2.24) is 9.55 Å². The average Bonchev–Trinajstić information content (AvgIpc) is 2.95. The van der Waals surface area contributed by atoms with Crippen molar-refractivity contribution in [3.8, 4) is 0 Å². The molecule has 0 aliphatic heterocycles. The molecule has 2 aromatic heterocycles. The van der Waals surface area contributed by atoms with Gasteiger partial charge in [0.25, 0.3) is 0 Å². The highest BCUT2D eigenvalue weighted by Gasteiger charge is 2.04. The van der Waals surface area contributed by atoms with Crippen LogP contribution in [0.4, 0.5) is 17.2 Å². The molecule has 0 fully saturated rings. The number of aromatic nitrogens is 3. The maximum atomic E-state index is 8.85. The van der Waals surface area contributed by atoms with E-state index in [1.54, 1.807) is 12.3 Å². The lowest BCUT2D eigenvalue weighted by Crippen LogP contribution is -2.32. The maximum Gasteiger partial charge on any atom is 0.243 e. The molecule has 0 atom stereocenters. The monoisotopic (exact) mass is 327 g/mol. The molecule has 0 aliphatic rings. The molecule has 2 heterocycles. The fourth-order valence-corrected chi connectivity index (χ4v) is 1.93. The summed E-state index contributed by atoms with van der Waals surface area (Å²) in [6.45, 7) is 2.44. The van der Waals surface area contributed by atoms with Crippen molar-refractivity contribution in [2.24, 2.45) is 0 Å². The number of anilines is 3.